The summed E-state index contributed by atoms with van der Waals surface area (Å²) in [6, 6.07) is 16.8. The fourth-order valence-electron chi connectivity index (χ4n) is 0.859. The van der Waals surface area contributed by atoms with E-state index in [2.05, 4.69) is 139 Å². The summed E-state index contributed by atoms with van der Waals surface area (Å²) in [5.74, 6) is 0. The maximum Gasteiger partial charge on any atom is 0.0131 e. The number of rotatable bonds is 0. The highest BCUT2D eigenvalue weighted by atomic mass is 127. The van der Waals surface area contributed by atoms with Crippen molar-refractivity contribution in [2.75, 3.05) is 0 Å². The number of benzene rings is 2. The van der Waals surface area contributed by atoms with Gasteiger partial charge in [-0.05, 0) is 139 Å². The van der Waals surface area contributed by atoms with Gasteiger partial charge in [0.25, 0.3) is 0 Å². The van der Waals surface area contributed by atoms with Gasteiger partial charge in [0.2, 0.25) is 0 Å². The van der Waals surface area contributed by atoms with Gasteiger partial charge in [-0.15, -0.1) is 0 Å². The summed E-state index contributed by atoms with van der Waals surface area (Å²) in [5.41, 5.74) is 0. The molecule has 0 aliphatic rings. The molecule has 0 aliphatic heterocycles. The van der Waals surface area contributed by atoms with E-state index in [9.17, 15) is 0 Å². The molecule has 16 heavy (non-hydrogen) atoms. The van der Waals surface area contributed by atoms with Crippen LogP contribution in [-0.2, 0) is 0 Å². The minimum absolute atomic E-state index is 1.29. The van der Waals surface area contributed by atoms with Crippen molar-refractivity contribution in [3.05, 3.63) is 62.8 Å². The van der Waals surface area contributed by atoms with Crippen molar-refractivity contribution in [1.29, 1.82) is 0 Å². The normalized spacial score (nSPS) is 9.25. The van der Waals surface area contributed by atoms with Crippen LogP contribution in [0.1, 0.15) is 0 Å². The van der Waals surface area contributed by atoms with E-state index in [0.29, 0.717) is 0 Å². The lowest BCUT2D eigenvalue weighted by molar-refractivity contribution is 1.60. The monoisotopic (exact) mass is 660 g/mol. The van der Waals surface area contributed by atoms with E-state index >= 15 is 0 Å². The van der Waals surface area contributed by atoms with Crippen molar-refractivity contribution in [3.63, 3.8) is 0 Å². The molecule has 0 unspecified atom stereocenters. The average Bonchev–Trinajstić information content (AvgIpc) is 2.28. The molecule has 0 amide bonds. The summed E-state index contributed by atoms with van der Waals surface area (Å²) < 4.78 is 5.18. The molecule has 0 saturated heterocycles. The molecular formula is C12H8I4. The third kappa shape index (κ3) is 6.94. The first-order valence-electron chi connectivity index (χ1n) is 4.40. The van der Waals surface area contributed by atoms with Crippen molar-refractivity contribution >= 4 is 90.4 Å². The maximum atomic E-state index is 2.29. The zero-order valence-corrected chi connectivity index (χ0v) is 16.8. The van der Waals surface area contributed by atoms with Gasteiger partial charge < -0.3 is 0 Å². The van der Waals surface area contributed by atoms with Gasteiger partial charge in [-0.2, -0.15) is 0 Å². The molecule has 2 aromatic rings. The molecule has 4 heteroatoms. The molecule has 0 fully saturated rings. The molecule has 0 heterocycles. The lowest BCUT2D eigenvalue weighted by atomic mass is 10.4. The Kier molecular flexibility index (Phi) is 8.15. The second-order valence-corrected chi connectivity index (χ2v) is 7.86. The zero-order chi connectivity index (χ0) is 12.0. The fourth-order valence-corrected chi connectivity index (χ4v) is 2.30. The summed E-state index contributed by atoms with van der Waals surface area (Å²) in [5, 5.41) is 0. The van der Waals surface area contributed by atoms with Crippen LogP contribution in [0.4, 0.5) is 0 Å². The molecule has 0 bridgehead atoms. The summed E-state index contributed by atoms with van der Waals surface area (Å²) in [4.78, 5) is 0. The Balaban J connectivity index is 0.000000160. The van der Waals surface area contributed by atoms with Crippen LogP contribution in [0.2, 0.25) is 0 Å². The zero-order valence-electron chi connectivity index (χ0n) is 8.13. The minimum Gasteiger partial charge on any atom is -0.0478 e. The predicted molar refractivity (Wildman–Crippen MR) is 104 cm³/mol. The van der Waals surface area contributed by atoms with E-state index in [1.54, 1.807) is 0 Å². The molecule has 2 aromatic carbocycles. The highest BCUT2D eigenvalue weighted by Crippen LogP contribution is 2.08. The molecular weight excluding hydrogens is 652 g/mol. The van der Waals surface area contributed by atoms with Gasteiger partial charge in [0, 0.05) is 14.3 Å². The van der Waals surface area contributed by atoms with Gasteiger partial charge in [-0.1, -0.05) is 0 Å². The van der Waals surface area contributed by atoms with Crippen LogP contribution in [0.5, 0.6) is 0 Å². The Morgan fingerprint density at radius 1 is 0.375 bits per heavy atom. The van der Waals surface area contributed by atoms with Gasteiger partial charge >= 0.3 is 0 Å². The lowest BCUT2D eigenvalue weighted by Crippen LogP contribution is -1.68. The van der Waals surface area contributed by atoms with Crippen molar-refractivity contribution in [3.8, 4) is 0 Å². The summed E-state index contributed by atoms with van der Waals surface area (Å²) in [7, 11) is 0. The van der Waals surface area contributed by atoms with Crippen LogP contribution in [0, 0.1) is 14.3 Å². The van der Waals surface area contributed by atoms with Gasteiger partial charge in [-0.25, -0.2) is 0 Å². The fraction of sp³-hybridized carbons (Fsp3) is 0. The summed E-state index contributed by atoms with van der Waals surface area (Å²) >= 11 is 9.17. The van der Waals surface area contributed by atoms with Crippen LogP contribution < -0.4 is 0 Å². The van der Waals surface area contributed by atoms with Crippen molar-refractivity contribution < 1.29 is 0 Å². The van der Waals surface area contributed by atoms with Gasteiger partial charge in [-0.3, -0.25) is 0 Å². The lowest BCUT2D eigenvalue weighted by Gasteiger charge is -1.87. The van der Waals surface area contributed by atoms with Crippen LogP contribution in [0.25, 0.3) is 0 Å². The minimum atomic E-state index is 1.29. The first-order valence-corrected chi connectivity index (χ1v) is 8.71. The van der Waals surface area contributed by atoms with Gasteiger partial charge in [0.05, 0.1) is 0 Å². The Bertz CT molecular complexity index is 334. The Morgan fingerprint density at radius 3 is 0.625 bits per heavy atom. The molecule has 0 radical (unpaired) electrons. The van der Waals surface area contributed by atoms with Gasteiger partial charge in [0.1, 0.15) is 0 Å². The summed E-state index contributed by atoms with van der Waals surface area (Å²) in [6.45, 7) is 0. The average molecular weight is 660 g/mol. The van der Waals surface area contributed by atoms with Crippen molar-refractivity contribution in [2.24, 2.45) is 0 Å². The summed E-state index contributed by atoms with van der Waals surface area (Å²) in [6.07, 6.45) is 0. The SMILES string of the molecule is Ic1ccc(I)cc1.Ic1ccc(I)cc1. The second kappa shape index (κ2) is 8.46. The second-order valence-electron chi connectivity index (χ2n) is 2.87. The molecule has 0 spiro atoms. The van der Waals surface area contributed by atoms with Crippen LogP contribution >= 0.6 is 90.4 Å². The van der Waals surface area contributed by atoms with E-state index in [4.69, 9.17) is 0 Å². The van der Waals surface area contributed by atoms with Gasteiger partial charge in [0.15, 0.2) is 0 Å². The van der Waals surface area contributed by atoms with E-state index < -0.39 is 0 Å². The van der Waals surface area contributed by atoms with Crippen LogP contribution in [0.15, 0.2) is 48.5 Å². The molecule has 0 aliphatic carbocycles. The third-order valence-corrected chi connectivity index (χ3v) is 4.48. The topological polar surface area (TPSA) is 0 Å². The molecule has 0 atom stereocenters. The smallest absolute Gasteiger partial charge is 0.0131 e. The van der Waals surface area contributed by atoms with Crippen molar-refractivity contribution in [1.82, 2.24) is 0 Å². The Hall–Kier alpha value is 1.36. The Labute approximate surface area is 151 Å². The van der Waals surface area contributed by atoms with E-state index in [-0.39, 0.29) is 0 Å². The van der Waals surface area contributed by atoms with Crippen LogP contribution in [0.3, 0.4) is 0 Å². The van der Waals surface area contributed by atoms with Crippen LogP contribution in [-0.4, -0.2) is 0 Å². The molecule has 0 aromatic heterocycles. The molecule has 0 saturated carbocycles. The van der Waals surface area contributed by atoms with E-state index in [1.165, 1.54) is 14.3 Å². The predicted octanol–water partition coefficient (Wildman–Crippen LogP) is 5.79. The highest BCUT2D eigenvalue weighted by molar-refractivity contribution is 14.1. The largest absolute Gasteiger partial charge is 0.0478 e. The highest BCUT2D eigenvalue weighted by Gasteiger charge is 1.83. The Morgan fingerprint density at radius 2 is 0.500 bits per heavy atom. The molecule has 0 nitrogen and oxygen atoms in total. The quantitative estimate of drug-likeness (QED) is 0.315. The molecule has 2 rings (SSSR count). The standard InChI is InChI=1S/2C6H4I2/c2*7-5-1-2-6(8)4-3-5/h2*1-4H. The maximum absolute atomic E-state index is 2.29. The van der Waals surface area contributed by atoms with Crippen molar-refractivity contribution in [2.45, 2.75) is 0 Å². The number of halogens is 4. The van der Waals surface area contributed by atoms with E-state index in [1.807, 2.05) is 0 Å². The first-order chi connectivity index (χ1) is 7.58. The first kappa shape index (κ1) is 15.4. The van der Waals surface area contributed by atoms with E-state index in [0.717, 1.165) is 0 Å². The molecule has 84 valence electrons. The number of hydrogen-bond donors (Lipinski definition) is 0. The number of hydrogen-bond acceptors (Lipinski definition) is 0. The third-order valence-electron chi connectivity index (χ3n) is 1.61. The molecule has 0 N–H and O–H groups in total.